The summed E-state index contributed by atoms with van der Waals surface area (Å²) in [6.45, 7) is 2.72. The highest BCUT2D eigenvalue weighted by Gasteiger charge is 2.32. The minimum absolute atomic E-state index is 0.0641. The second kappa shape index (κ2) is 9.05. The lowest BCUT2D eigenvalue weighted by molar-refractivity contribution is -0.132. The van der Waals surface area contributed by atoms with Gasteiger partial charge in [0.15, 0.2) is 10.8 Å². The van der Waals surface area contributed by atoms with E-state index in [0.29, 0.717) is 35.0 Å². The summed E-state index contributed by atoms with van der Waals surface area (Å²) < 4.78 is 3.37. The van der Waals surface area contributed by atoms with E-state index in [1.165, 1.54) is 11.8 Å². The van der Waals surface area contributed by atoms with E-state index in [4.69, 9.17) is 16.6 Å². The Morgan fingerprint density at radius 3 is 2.54 bits per heavy atom. The van der Waals surface area contributed by atoms with Gasteiger partial charge < -0.3 is 9.80 Å². The largest absolute Gasteiger partial charge is 0.367 e. The zero-order chi connectivity index (χ0) is 23.9. The topological polar surface area (TPSA) is 76.3 Å². The lowest BCUT2D eigenvalue weighted by atomic mass is 10.1. The number of aromatic nitrogens is 4. The van der Waals surface area contributed by atoms with Crippen molar-refractivity contribution in [2.45, 2.75) is 17.6 Å². The van der Waals surface area contributed by atoms with Crippen LogP contribution in [0.5, 0.6) is 0 Å². The van der Waals surface area contributed by atoms with Crippen molar-refractivity contribution >= 4 is 46.0 Å². The van der Waals surface area contributed by atoms with Crippen LogP contribution in [0.3, 0.4) is 0 Å². The number of fused-ring (bicyclic) bond motifs is 2. The van der Waals surface area contributed by atoms with Gasteiger partial charge in [-0.15, -0.1) is 0 Å². The van der Waals surface area contributed by atoms with Crippen molar-refractivity contribution < 1.29 is 4.79 Å². The van der Waals surface area contributed by atoms with Gasteiger partial charge in [-0.3, -0.25) is 14.2 Å². The summed E-state index contributed by atoms with van der Waals surface area (Å²) >= 11 is 7.86. The fraction of sp³-hybridized carbons (Fsp3) is 0.280. The first-order chi connectivity index (χ1) is 17.1. The zero-order valence-electron chi connectivity index (χ0n) is 18.9. The number of anilines is 1. The van der Waals surface area contributed by atoms with E-state index in [-0.39, 0.29) is 23.9 Å². The number of carbonyl (C=O) groups excluding carboxylic acids is 1. The minimum Gasteiger partial charge on any atom is -0.367 e. The zero-order valence-corrected chi connectivity index (χ0v) is 20.5. The molecular weight excluding hydrogens is 484 g/mol. The second-order valence-electron chi connectivity index (χ2n) is 8.69. The van der Waals surface area contributed by atoms with Crippen LogP contribution >= 0.6 is 23.4 Å². The monoisotopic (exact) mass is 506 g/mol. The summed E-state index contributed by atoms with van der Waals surface area (Å²) in [7, 11) is 0. The molecular formula is C25H23ClN6O2S. The van der Waals surface area contributed by atoms with Crippen LogP contribution in [-0.4, -0.2) is 62.1 Å². The van der Waals surface area contributed by atoms with Gasteiger partial charge in [-0.2, -0.15) is 5.10 Å². The van der Waals surface area contributed by atoms with Gasteiger partial charge in [0.1, 0.15) is 5.39 Å². The lowest BCUT2D eigenvalue weighted by Crippen LogP contribution is -2.49. The van der Waals surface area contributed by atoms with Crippen LogP contribution in [-0.2, 0) is 4.79 Å². The molecule has 0 N–H and O–H groups in total. The first kappa shape index (κ1) is 22.2. The Morgan fingerprint density at radius 1 is 1.03 bits per heavy atom. The van der Waals surface area contributed by atoms with Crippen molar-refractivity contribution in [1.29, 1.82) is 0 Å². The molecule has 178 valence electrons. The van der Waals surface area contributed by atoms with E-state index in [2.05, 4.69) is 10.00 Å². The van der Waals surface area contributed by atoms with E-state index < -0.39 is 0 Å². The summed E-state index contributed by atoms with van der Waals surface area (Å²) in [5.74, 6) is 0.716. The summed E-state index contributed by atoms with van der Waals surface area (Å²) in [6.07, 6.45) is 1.85. The Morgan fingerprint density at radius 2 is 1.77 bits per heavy atom. The van der Waals surface area contributed by atoms with Gasteiger partial charge in [0.2, 0.25) is 5.91 Å². The maximum atomic E-state index is 13.4. The van der Waals surface area contributed by atoms with Crippen LogP contribution in [0.25, 0.3) is 16.7 Å². The number of para-hydroxylation sites is 2. The predicted octanol–water partition coefficient (Wildman–Crippen LogP) is 3.62. The molecule has 10 heteroatoms. The second-order valence-corrected chi connectivity index (χ2v) is 10.1. The average molecular weight is 507 g/mol. The molecule has 4 heterocycles. The first-order valence-corrected chi connectivity index (χ1v) is 12.9. The third kappa shape index (κ3) is 3.98. The number of carbonyl (C=O) groups is 1. The minimum atomic E-state index is -0.214. The van der Waals surface area contributed by atoms with Crippen LogP contribution in [0, 0.1) is 0 Å². The number of amides is 1. The van der Waals surface area contributed by atoms with Crippen LogP contribution in [0.15, 0.2) is 70.7 Å². The molecule has 2 aliphatic heterocycles. The van der Waals surface area contributed by atoms with Crippen molar-refractivity contribution in [2.75, 3.05) is 36.8 Å². The number of thioether (sulfide) groups is 1. The van der Waals surface area contributed by atoms with Crippen molar-refractivity contribution in [1.82, 2.24) is 24.2 Å². The molecule has 6 rings (SSSR count). The number of piperazine rings is 1. The molecule has 0 spiro atoms. The molecule has 2 aromatic carbocycles. The summed E-state index contributed by atoms with van der Waals surface area (Å²) in [4.78, 5) is 35.4. The molecule has 0 aliphatic carbocycles. The number of rotatable bonds is 4. The van der Waals surface area contributed by atoms with E-state index >= 15 is 0 Å². The number of halogens is 1. The maximum Gasteiger partial charge on any atom is 0.265 e. The van der Waals surface area contributed by atoms with E-state index in [0.717, 1.165) is 29.5 Å². The molecule has 0 bridgehead atoms. The van der Waals surface area contributed by atoms with Gasteiger partial charge in [0.05, 0.1) is 28.6 Å². The Balaban J connectivity index is 1.19. The smallest absolute Gasteiger partial charge is 0.265 e. The molecule has 0 radical (unpaired) electrons. The van der Waals surface area contributed by atoms with E-state index in [9.17, 15) is 9.59 Å². The van der Waals surface area contributed by atoms with Crippen molar-refractivity contribution in [2.24, 2.45) is 0 Å². The molecule has 1 amide bonds. The fourth-order valence-corrected chi connectivity index (χ4v) is 6.16. The lowest BCUT2D eigenvalue weighted by Gasteiger charge is -2.37. The number of hydrogen-bond acceptors (Lipinski definition) is 6. The molecule has 0 saturated carbocycles. The Labute approximate surface area is 211 Å². The molecule has 35 heavy (non-hydrogen) atoms. The Bertz CT molecular complexity index is 1460. The Kier molecular flexibility index (Phi) is 5.74. The molecule has 2 aliphatic rings. The van der Waals surface area contributed by atoms with Crippen LogP contribution in [0.2, 0.25) is 5.02 Å². The van der Waals surface area contributed by atoms with Gasteiger partial charge in [0, 0.05) is 38.4 Å². The SMILES string of the molecule is O=C(CC1CSc2nc3c(cnn3-c3ccccc3)c(=O)n21)N1CCN(c2ccccc2Cl)CC1. The normalized spacial score (nSPS) is 17.7. The average Bonchev–Trinajstić information content (AvgIpc) is 3.50. The van der Waals surface area contributed by atoms with E-state index in [1.54, 1.807) is 15.4 Å². The third-order valence-electron chi connectivity index (χ3n) is 6.61. The van der Waals surface area contributed by atoms with Crippen LogP contribution < -0.4 is 10.5 Å². The highest BCUT2D eigenvalue weighted by atomic mass is 35.5. The summed E-state index contributed by atoms with van der Waals surface area (Å²) in [5, 5.41) is 6.23. The molecule has 4 aromatic rings. The highest BCUT2D eigenvalue weighted by molar-refractivity contribution is 7.99. The Hall–Kier alpha value is -3.30. The van der Waals surface area contributed by atoms with Gasteiger partial charge >= 0.3 is 0 Å². The molecule has 1 unspecified atom stereocenters. The number of benzene rings is 2. The van der Waals surface area contributed by atoms with Gasteiger partial charge in [-0.25, -0.2) is 9.67 Å². The first-order valence-electron chi connectivity index (χ1n) is 11.6. The van der Waals surface area contributed by atoms with E-state index in [1.807, 2.05) is 59.5 Å². The van der Waals surface area contributed by atoms with Crippen molar-refractivity contribution in [3.8, 4) is 5.69 Å². The molecule has 1 atom stereocenters. The maximum absolute atomic E-state index is 13.4. The molecule has 8 nitrogen and oxygen atoms in total. The van der Waals surface area contributed by atoms with Gasteiger partial charge in [0.25, 0.3) is 5.56 Å². The molecule has 1 saturated heterocycles. The van der Waals surface area contributed by atoms with Crippen LogP contribution in [0.1, 0.15) is 12.5 Å². The quantitative estimate of drug-likeness (QED) is 0.393. The van der Waals surface area contributed by atoms with Gasteiger partial charge in [-0.1, -0.05) is 53.7 Å². The summed E-state index contributed by atoms with van der Waals surface area (Å²) in [5.41, 5.74) is 2.26. The third-order valence-corrected chi connectivity index (χ3v) is 8.02. The fourth-order valence-electron chi connectivity index (χ4n) is 4.77. The number of nitrogens with zero attached hydrogens (tertiary/aromatic N) is 6. The van der Waals surface area contributed by atoms with Crippen molar-refractivity contribution in [3.05, 3.63) is 76.2 Å². The van der Waals surface area contributed by atoms with Crippen molar-refractivity contribution in [3.63, 3.8) is 0 Å². The highest BCUT2D eigenvalue weighted by Crippen LogP contribution is 2.34. The number of hydrogen-bond donors (Lipinski definition) is 0. The van der Waals surface area contributed by atoms with Crippen LogP contribution in [0.4, 0.5) is 5.69 Å². The van der Waals surface area contributed by atoms with Gasteiger partial charge in [-0.05, 0) is 24.3 Å². The predicted molar refractivity (Wildman–Crippen MR) is 138 cm³/mol. The standard InChI is InChI=1S/C25H23ClN6O2S/c26-20-8-4-5-9-21(20)29-10-12-30(13-11-29)22(33)14-18-16-35-25-28-23-19(24(34)31(18)25)15-27-32(23)17-6-2-1-3-7-17/h1-9,15,18H,10-14,16H2. The molecule has 1 fully saturated rings. The summed E-state index contributed by atoms with van der Waals surface area (Å²) in [6, 6.07) is 17.2. The molecule has 2 aromatic heterocycles.